The lowest BCUT2D eigenvalue weighted by Gasteiger charge is -2.27. The maximum atomic E-state index is 4.20. The molecule has 0 unspecified atom stereocenters. The highest BCUT2D eigenvalue weighted by Gasteiger charge is 2.21. The highest BCUT2D eigenvalue weighted by Crippen LogP contribution is 2.29. The Labute approximate surface area is 113 Å². The number of benzene rings is 1. The van der Waals surface area contributed by atoms with Crippen LogP contribution in [0.1, 0.15) is 25.8 Å². The molecule has 1 aromatic carbocycles. The van der Waals surface area contributed by atoms with Crippen LogP contribution in [0.15, 0.2) is 28.7 Å². The van der Waals surface area contributed by atoms with E-state index in [2.05, 4.69) is 72.0 Å². The molecule has 0 heterocycles. The molecule has 0 amide bonds. The van der Waals surface area contributed by atoms with Gasteiger partial charge in [-0.1, -0.05) is 48.0 Å². The Bertz CT molecular complexity index is 325. The lowest BCUT2D eigenvalue weighted by atomic mass is 9.84. The smallest absolute Gasteiger partial charge is 0.0213 e. The van der Waals surface area contributed by atoms with E-state index in [1.54, 1.807) is 0 Å². The SMILES string of the molecule is CC(C)(CNCCCS)c1ccccc1Br. The summed E-state index contributed by atoms with van der Waals surface area (Å²) in [5, 5.41) is 3.48. The molecule has 1 aromatic rings. The number of thiol groups is 1. The van der Waals surface area contributed by atoms with Gasteiger partial charge in [-0.25, -0.2) is 0 Å². The lowest BCUT2D eigenvalue weighted by Crippen LogP contribution is -2.33. The molecule has 0 saturated heterocycles. The zero-order valence-electron chi connectivity index (χ0n) is 9.96. The van der Waals surface area contributed by atoms with Gasteiger partial charge in [0.25, 0.3) is 0 Å². The predicted molar refractivity (Wildman–Crippen MR) is 78.5 cm³/mol. The number of halogens is 1. The molecule has 0 aliphatic rings. The van der Waals surface area contributed by atoms with E-state index < -0.39 is 0 Å². The van der Waals surface area contributed by atoms with Crippen molar-refractivity contribution in [2.45, 2.75) is 25.7 Å². The Balaban J connectivity index is 2.59. The summed E-state index contributed by atoms with van der Waals surface area (Å²) in [5.41, 5.74) is 1.50. The second-order valence-corrected chi connectivity index (χ2v) is 5.92. The van der Waals surface area contributed by atoms with Crippen LogP contribution in [0, 0.1) is 0 Å². The van der Waals surface area contributed by atoms with Gasteiger partial charge in [0.15, 0.2) is 0 Å². The maximum absolute atomic E-state index is 4.20. The second kappa shape index (κ2) is 6.67. The van der Waals surface area contributed by atoms with Gasteiger partial charge in [-0.3, -0.25) is 0 Å². The Morgan fingerprint density at radius 3 is 2.62 bits per heavy atom. The zero-order valence-corrected chi connectivity index (χ0v) is 12.4. The van der Waals surface area contributed by atoms with E-state index >= 15 is 0 Å². The quantitative estimate of drug-likeness (QED) is 0.604. The summed E-state index contributed by atoms with van der Waals surface area (Å²) in [6.45, 7) is 6.56. The van der Waals surface area contributed by atoms with Gasteiger partial charge < -0.3 is 5.32 Å². The van der Waals surface area contributed by atoms with Crippen LogP contribution in [0.5, 0.6) is 0 Å². The van der Waals surface area contributed by atoms with Crippen LogP contribution in [0.25, 0.3) is 0 Å². The molecule has 0 spiro atoms. The highest BCUT2D eigenvalue weighted by molar-refractivity contribution is 9.10. The van der Waals surface area contributed by atoms with Crippen molar-refractivity contribution in [3.8, 4) is 0 Å². The van der Waals surface area contributed by atoms with Crippen LogP contribution < -0.4 is 5.32 Å². The fourth-order valence-corrected chi connectivity index (χ4v) is 2.69. The van der Waals surface area contributed by atoms with Crippen LogP contribution in [0.4, 0.5) is 0 Å². The average Bonchev–Trinajstić information content (AvgIpc) is 2.25. The molecule has 0 fully saturated rings. The van der Waals surface area contributed by atoms with Gasteiger partial charge in [0.05, 0.1) is 0 Å². The second-order valence-electron chi connectivity index (χ2n) is 4.62. The van der Waals surface area contributed by atoms with Crippen LogP contribution >= 0.6 is 28.6 Å². The molecule has 0 aliphatic carbocycles. The van der Waals surface area contributed by atoms with Crippen molar-refractivity contribution in [2.75, 3.05) is 18.8 Å². The molecular formula is C13H20BrNS. The molecule has 1 N–H and O–H groups in total. The van der Waals surface area contributed by atoms with E-state index in [1.165, 1.54) is 10.0 Å². The predicted octanol–water partition coefficient (Wildman–Crippen LogP) is 3.64. The monoisotopic (exact) mass is 301 g/mol. The molecule has 0 aromatic heterocycles. The fourth-order valence-electron chi connectivity index (χ4n) is 1.71. The van der Waals surface area contributed by atoms with E-state index in [-0.39, 0.29) is 5.41 Å². The first kappa shape index (κ1) is 14.1. The first-order chi connectivity index (χ1) is 7.58. The Kier molecular flexibility index (Phi) is 5.87. The van der Waals surface area contributed by atoms with Gasteiger partial charge in [0.1, 0.15) is 0 Å². The van der Waals surface area contributed by atoms with E-state index in [4.69, 9.17) is 0 Å². The van der Waals surface area contributed by atoms with Crippen LogP contribution in [0.2, 0.25) is 0 Å². The van der Waals surface area contributed by atoms with Crippen molar-refractivity contribution >= 4 is 28.6 Å². The van der Waals surface area contributed by atoms with Crippen molar-refractivity contribution in [3.63, 3.8) is 0 Å². The molecule has 16 heavy (non-hydrogen) atoms. The van der Waals surface area contributed by atoms with E-state index in [0.29, 0.717) is 0 Å². The lowest BCUT2D eigenvalue weighted by molar-refractivity contribution is 0.468. The van der Waals surface area contributed by atoms with Crippen LogP contribution in [-0.2, 0) is 5.41 Å². The summed E-state index contributed by atoms with van der Waals surface area (Å²) in [6, 6.07) is 8.43. The summed E-state index contributed by atoms with van der Waals surface area (Å²) in [5.74, 6) is 0.947. The summed E-state index contributed by atoms with van der Waals surface area (Å²) in [6.07, 6.45) is 1.12. The van der Waals surface area contributed by atoms with E-state index in [1.807, 2.05) is 0 Å². The molecule has 0 aliphatic heterocycles. The van der Waals surface area contributed by atoms with Crippen molar-refractivity contribution in [3.05, 3.63) is 34.3 Å². The minimum absolute atomic E-state index is 0.149. The first-order valence-electron chi connectivity index (χ1n) is 5.64. The standard InChI is InChI=1S/C13H20BrNS/c1-13(2,10-15-8-5-9-16)11-6-3-4-7-12(11)14/h3-4,6-7,15-16H,5,8-10H2,1-2H3. The number of rotatable bonds is 6. The van der Waals surface area contributed by atoms with Crippen LogP contribution in [0.3, 0.4) is 0 Å². The number of hydrogen-bond acceptors (Lipinski definition) is 2. The molecule has 0 saturated carbocycles. The van der Waals surface area contributed by atoms with Gasteiger partial charge in [0, 0.05) is 16.4 Å². The third-order valence-corrected chi connectivity index (χ3v) is 3.69. The molecular weight excluding hydrogens is 282 g/mol. The van der Waals surface area contributed by atoms with Gasteiger partial charge in [0.2, 0.25) is 0 Å². The van der Waals surface area contributed by atoms with Gasteiger partial charge in [-0.05, 0) is 30.3 Å². The highest BCUT2D eigenvalue weighted by atomic mass is 79.9. The molecule has 90 valence electrons. The molecule has 0 radical (unpaired) electrons. The van der Waals surface area contributed by atoms with Crippen molar-refractivity contribution in [2.24, 2.45) is 0 Å². The minimum Gasteiger partial charge on any atom is -0.316 e. The largest absolute Gasteiger partial charge is 0.316 e. The van der Waals surface area contributed by atoms with Gasteiger partial charge in [-0.15, -0.1) is 0 Å². The molecule has 1 nitrogen and oxygen atoms in total. The summed E-state index contributed by atoms with van der Waals surface area (Å²) in [4.78, 5) is 0. The van der Waals surface area contributed by atoms with E-state index in [0.717, 1.165) is 25.3 Å². The molecule has 1 rings (SSSR count). The molecule has 0 bridgehead atoms. The van der Waals surface area contributed by atoms with Crippen molar-refractivity contribution in [1.82, 2.24) is 5.32 Å². The fraction of sp³-hybridized carbons (Fsp3) is 0.538. The number of hydrogen-bond donors (Lipinski definition) is 2. The summed E-state index contributed by atoms with van der Waals surface area (Å²) in [7, 11) is 0. The third kappa shape index (κ3) is 4.11. The topological polar surface area (TPSA) is 12.0 Å². The number of nitrogens with one attached hydrogen (secondary N) is 1. The first-order valence-corrected chi connectivity index (χ1v) is 7.07. The average molecular weight is 302 g/mol. The van der Waals surface area contributed by atoms with Crippen molar-refractivity contribution in [1.29, 1.82) is 0 Å². The summed E-state index contributed by atoms with van der Waals surface area (Å²) >= 11 is 7.82. The van der Waals surface area contributed by atoms with Gasteiger partial charge in [-0.2, -0.15) is 12.6 Å². The Morgan fingerprint density at radius 2 is 2.00 bits per heavy atom. The van der Waals surface area contributed by atoms with Crippen LogP contribution in [-0.4, -0.2) is 18.8 Å². The normalized spacial score (nSPS) is 11.8. The third-order valence-electron chi connectivity index (χ3n) is 2.68. The maximum Gasteiger partial charge on any atom is 0.0213 e. The Hall–Kier alpha value is 0.01000. The Morgan fingerprint density at radius 1 is 1.31 bits per heavy atom. The van der Waals surface area contributed by atoms with E-state index in [9.17, 15) is 0 Å². The minimum atomic E-state index is 0.149. The van der Waals surface area contributed by atoms with Crippen molar-refractivity contribution < 1.29 is 0 Å². The molecule has 3 heteroatoms. The zero-order chi connectivity index (χ0) is 12.0. The molecule has 0 atom stereocenters. The summed E-state index contributed by atoms with van der Waals surface area (Å²) < 4.78 is 1.19. The van der Waals surface area contributed by atoms with Gasteiger partial charge >= 0.3 is 0 Å².